The minimum atomic E-state index is -5.11. The highest BCUT2D eigenvalue weighted by Crippen LogP contribution is 2.15. The number of hydrogen-bond donors (Lipinski definition) is 3. The van der Waals surface area contributed by atoms with E-state index in [4.69, 9.17) is 10.1 Å². The number of rotatable bonds is 5. The lowest BCUT2D eigenvalue weighted by Crippen LogP contribution is -2.53. The molecule has 1 fully saturated rings. The summed E-state index contributed by atoms with van der Waals surface area (Å²) in [6.07, 6.45) is -5.11. The van der Waals surface area contributed by atoms with E-state index in [1.807, 2.05) is 6.07 Å². The molecule has 0 aromatic heterocycles. The molecule has 174 valence electrons. The summed E-state index contributed by atoms with van der Waals surface area (Å²) < 4.78 is 42.4. The lowest BCUT2D eigenvalue weighted by atomic mass is 10.1. The maximum absolute atomic E-state index is 12.8. The Bertz CT molecular complexity index is 1030. The monoisotopic (exact) mass is 462 g/mol. The molecule has 1 aliphatic rings. The molecule has 1 saturated heterocycles. The van der Waals surface area contributed by atoms with Gasteiger partial charge in [0.05, 0.1) is 19.3 Å². The Balaban J connectivity index is 1.59. The number of amidine groups is 1. The number of carbonyl (C=O) groups is 3. The quantitative estimate of drug-likeness (QED) is 0.466. The standard InChI is InChI=1S/C22H21F3N4O4/c23-22(24,25)21(32)28-18(26)14-6-8-15(9-7-14)19(30)27-12-17-13-33-11-10-29(17)20(31)16-4-2-1-3-5-16/h1-9,17H,10-13H2,(H,27,30)(H2,26,28,32)/t17-/m1/s1. The fourth-order valence-corrected chi connectivity index (χ4v) is 3.20. The molecule has 0 unspecified atom stereocenters. The summed E-state index contributed by atoms with van der Waals surface area (Å²) in [4.78, 5) is 37.9. The van der Waals surface area contributed by atoms with Gasteiger partial charge in [-0.25, -0.2) is 0 Å². The zero-order valence-electron chi connectivity index (χ0n) is 17.3. The van der Waals surface area contributed by atoms with E-state index < -0.39 is 23.8 Å². The molecule has 2 aromatic rings. The summed E-state index contributed by atoms with van der Waals surface area (Å²) in [5, 5.41) is 11.8. The maximum Gasteiger partial charge on any atom is 0.471 e. The fourth-order valence-electron chi connectivity index (χ4n) is 3.20. The Morgan fingerprint density at radius 1 is 1.00 bits per heavy atom. The Kier molecular flexibility index (Phi) is 7.44. The van der Waals surface area contributed by atoms with Crippen LogP contribution in [0.3, 0.4) is 0 Å². The molecule has 1 atom stereocenters. The molecule has 0 aliphatic carbocycles. The summed E-state index contributed by atoms with van der Waals surface area (Å²) in [6.45, 7) is 1.17. The van der Waals surface area contributed by atoms with Gasteiger partial charge in [-0.1, -0.05) is 30.3 Å². The van der Waals surface area contributed by atoms with E-state index >= 15 is 0 Å². The van der Waals surface area contributed by atoms with E-state index in [9.17, 15) is 27.6 Å². The number of nitrogens with one attached hydrogen (secondary N) is 3. The molecule has 0 bridgehead atoms. The highest BCUT2D eigenvalue weighted by Gasteiger charge is 2.39. The number of halogens is 3. The second-order valence-corrected chi connectivity index (χ2v) is 7.21. The van der Waals surface area contributed by atoms with Crippen molar-refractivity contribution in [2.45, 2.75) is 12.2 Å². The summed E-state index contributed by atoms with van der Waals surface area (Å²) in [6, 6.07) is 13.5. The van der Waals surface area contributed by atoms with Gasteiger partial charge in [-0.3, -0.25) is 19.8 Å². The van der Waals surface area contributed by atoms with Gasteiger partial charge >= 0.3 is 12.1 Å². The van der Waals surface area contributed by atoms with E-state index in [0.29, 0.717) is 18.7 Å². The maximum atomic E-state index is 12.8. The first-order valence-corrected chi connectivity index (χ1v) is 9.96. The lowest BCUT2D eigenvalue weighted by molar-refractivity contribution is -0.171. The van der Waals surface area contributed by atoms with Crippen LogP contribution in [0.15, 0.2) is 54.6 Å². The molecule has 1 aliphatic heterocycles. The van der Waals surface area contributed by atoms with E-state index in [0.717, 1.165) is 0 Å². The van der Waals surface area contributed by atoms with Gasteiger partial charge in [-0.2, -0.15) is 13.2 Å². The van der Waals surface area contributed by atoms with Crippen LogP contribution in [0, 0.1) is 5.41 Å². The topological polar surface area (TPSA) is 112 Å². The van der Waals surface area contributed by atoms with E-state index in [2.05, 4.69) is 5.32 Å². The molecule has 11 heteroatoms. The second kappa shape index (κ2) is 10.3. The smallest absolute Gasteiger partial charge is 0.377 e. The summed E-state index contributed by atoms with van der Waals surface area (Å²) in [5.74, 6) is -3.62. The second-order valence-electron chi connectivity index (χ2n) is 7.21. The summed E-state index contributed by atoms with van der Waals surface area (Å²) in [5.41, 5.74) is 0.738. The molecule has 0 radical (unpaired) electrons. The molecule has 2 aromatic carbocycles. The van der Waals surface area contributed by atoms with Gasteiger partial charge in [-0.15, -0.1) is 0 Å². The van der Waals surface area contributed by atoms with Crippen LogP contribution in [-0.4, -0.2) is 67.0 Å². The van der Waals surface area contributed by atoms with Crippen molar-refractivity contribution in [2.24, 2.45) is 0 Å². The van der Waals surface area contributed by atoms with Gasteiger partial charge in [0.1, 0.15) is 5.84 Å². The molecule has 0 saturated carbocycles. The summed E-state index contributed by atoms with van der Waals surface area (Å²) in [7, 11) is 0. The van der Waals surface area contributed by atoms with E-state index in [1.54, 1.807) is 29.2 Å². The Labute approximate surface area is 187 Å². The number of benzene rings is 2. The molecule has 3 N–H and O–H groups in total. The molecule has 8 nitrogen and oxygen atoms in total. The number of hydrogen-bond acceptors (Lipinski definition) is 5. The van der Waals surface area contributed by atoms with Crippen molar-refractivity contribution < 1.29 is 32.3 Å². The van der Waals surface area contributed by atoms with Crippen molar-refractivity contribution in [1.82, 2.24) is 15.5 Å². The van der Waals surface area contributed by atoms with Crippen molar-refractivity contribution in [1.29, 1.82) is 5.41 Å². The van der Waals surface area contributed by atoms with Crippen molar-refractivity contribution in [2.75, 3.05) is 26.3 Å². The van der Waals surface area contributed by atoms with Crippen LogP contribution in [0.5, 0.6) is 0 Å². The first-order chi connectivity index (χ1) is 15.7. The zero-order chi connectivity index (χ0) is 24.0. The molecule has 33 heavy (non-hydrogen) atoms. The number of amides is 3. The Hall–Kier alpha value is -3.73. The van der Waals surface area contributed by atoms with Crippen LogP contribution in [0.25, 0.3) is 0 Å². The van der Waals surface area contributed by atoms with Crippen LogP contribution >= 0.6 is 0 Å². The third kappa shape index (κ3) is 6.16. The average Bonchev–Trinajstić information content (AvgIpc) is 2.82. The largest absolute Gasteiger partial charge is 0.471 e. The van der Waals surface area contributed by atoms with Crippen LogP contribution in [0.4, 0.5) is 13.2 Å². The Morgan fingerprint density at radius 3 is 2.27 bits per heavy atom. The number of nitrogens with zero attached hydrogens (tertiary/aromatic N) is 1. The first-order valence-electron chi connectivity index (χ1n) is 9.96. The predicted molar refractivity (Wildman–Crippen MR) is 112 cm³/mol. The molecule has 1 heterocycles. The van der Waals surface area contributed by atoms with Gasteiger partial charge in [0.25, 0.3) is 11.8 Å². The van der Waals surface area contributed by atoms with Gasteiger partial charge < -0.3 is 20.3 Å². The van der Waals surface area contributed by atoms with Crippen LogP contribution in [0.1, 0.15) is 26.3 Å². The van der Waals surface area contributed by atoms with Crippen molar-refractivity contribution in [3.63, 3.8) is 0 Å². The van der Waals surface area contributed by atoms with E-state index in [-0.39, 0.29) is 36.2 Å². The van der Waals surface area contributed by atoms with Crippen molar-refractivity contribution >= 4 is 23.6 Å². The van der Waals surface area contributed by atoms with Gasteiger partial charge in [0.15, 0.2) is 0 Å². The third-order valence-corrected chi connectivity index (χ3v) is 4.94. The number of ether oxygens (including phenoxy) is 1. The number of carbonyl (C=O) groups excluding carboxylic acids is 3. The lowest BCUT2D eigenvalue weighted by Gasteiger charge is -2.35. The van der Waals surface area contributed by atoms with E-state index in [1.165, 1.54) is 29.6 Å². The molecular weight excluding hydrogens is 441 g/mol. The first kappa shape index (κ1) is 23.9. The fraction of sp³-hybridized carbons (Fsp3) is 0.273. The zero-order valence-corrected chi connectivity index (χ0v) is 17.3. The highest BCUT2D eigenvalue weighted by atomic mass is 19.4. The van der Waals surface area contributed by atoms with Crippen molar-refractivity contribution in [3.8, 4) is 0 Å². The minimum absolute atomic E-state index is 0.00413. The third-order valence-electron chi connectivity index (χ3n) is 4.94. The molecule has 3 amide bonds. The highest BCUT2D eigenvalue weighted by molar-refractivity contribution is 6.08. The normalized spacial score (nSPS) is 16.1. The van der Waals surface area contributed by atoms with Crippen LogP contribution in [0.2, 0.25) is 0 Å². The SMILES string of the molecule is N=C(NC(=O)C(F)(F)F)c1ccc(C(=O)NC[C@@H]2COCCN2C(=O)c2ccccc2)cc1. The van der Waals surface area contributed by atoms with Gasteiger partial charge in [0.2, 0.25) is 0 Å². The molecule has 0 spiro atoms. The van der Waals surface area contributed by atoms with Gasteiger partial charge in [0, 0.05) is 29.8 Å². The number of alkyl halides is 3. The molecule has 3 rings (SSSR count). The molecular formula is C22H21F3N4O4. The van der Waals surface area contributed by atoms with Crippen LogP contribution < -0.4 is 10.6 Å². The number of morpholine rings is 1. The van der Waals surface area contributed by atoms with Crippen molar-refractivity contribution in [3.05, 3.63) is 71.3 Å². The van der Waals surface area contributed by atoms with Crippen LogP contribution in [-0.2, 0) is 9.53 Å². The minimum Gasteiger partial charge on any atom is -0.377 e. The predicted octanol–water partition coefficient (Wildman–Crippen LogP) is 1.96. The summed E-state index contributed by atoms with van der Waals surface area (Å²) >= 11 is 0. The Morgan fingerprint density at radius 2 is 1.64 bits per heavy atom. The van der Waals surface area contributed by atoms with Gasteiger partial charge in [-0.05, 0) is 24.3 Å². The average molecular weight is 462 g/mol.